The summed E-state index contributed by atoms with van der Waals surface area (Å²) in [6.07, 6.45) is -3.56. The molecule has 94 valence electrons. The lowest BCUT2D eigenvalue weighted by Crippen LogP contribution is -2.16. The molecule has 0 bridgehead atoms. The van der Waals surface area contributed by atoms with Crippen molar-refractivity contribution in [2.45, 2.75) is 26.3 Å². The Labute approximate surface area is 97.3 Å². The average Bonchev–Trinajstić information content (AvgIpc) is 2.18. The van der Waals surface area contributed by atoms with Crippen molar-refractivity contribution in [1.29, 1.82) is 0 Å². The summed E-state index contributed by atoms with van der Waals surface area (Å²) >= 11 is 0. The van der Waals surface area contributed by atoms with E-state index in [1.54, 1.807) is 19.9 Å². The number of aliphatic hydroxyl groups excluding tert-OH is 1. The summed E-state index contributed by atoms with van der Waals surface area (Å²) < 4.78 is 39.4. The summed E-state index contributed by atoms with van der Waals surface area (Å²) in [6, 6.07) is 5.45. The fourth-order valence-electron chi connectivity index (χ4n) is 1.15. The van der Waals surface area contributed by atoms with Crippen molar-refractivity contribution in [3.8, 4) is 5.75 Å². The second-order valence-corrected chi connectivity index (χ2v) is 3.68. The van der Waals surface area contributed by atoms with Crippen LogP contribution < -0.4 is 4.74 Å². The van der Waals surface area contributed by atoms with E-state index in [1.807, 2.05) is 0 Å². The Balaban J connectivity index is 2.79. The molecular formula is C12H13F3O2. The van der Waals surface area contributed by atoms with E-state index in [-0.39, 0.29) is 5.75 Å². The van der Waals surface area contributed by atoms with Gasteiger partial charge >= 0.3 is 6.36 Å². The zero-order valence-electron chi connectivity index (χ0n) is 9.45. The molecule has 0 saturated carbocycles. The smallest absolute Gasteiger partial charge is 0.406 e. The second kappa shape index (κ2) is 5.23. The first-order chi connectivity index (χ1) is 7.78. The first kappa shape index (κ1) is 13.6. The highest BCUT2D eigenvalue weighted by molar-refractivity contribution is 5.54. The van der Waals surface area contributed by atoms with Crippen LogP contribution in [0.25, 0.3) is 6.08 Å². The molecule has 1 aromatic carbocycles. The van der Waals surface area contributed by atoms with Gasteiger partial charge in [0.25, 0.3) is 0 Å². The quantitative estimate of drug-likeness (QED) is 0.886. The topological polar surface area (TPSA) is 29.5 Å². The van der Waals surface area contributed by atoms with Gasteiger partial charge in [0.05, 0.1) is 6.10 Å². The summed E-state index contributed by atoms with van der Waals surface area (Å²) in [5.41, 5.74) is 1.44. The molecule has 0 aliphatic carbocycles. The van der Waals surface area contributed by atoms with E-state index in [4.69, 9.17) is 0 Å². The molecule has 0 fully saturated rings. The molecule has 0 spiro atoms. The fourth-order valence-corrected chi connectivity index (χ4v) is 1.15. The minimum Gasteiger partial charge on any atom is -0.406 e. The van der Waals surface area contributed by atoms with Crippen LogP contribution in [0.4, 0.5) is 13.2 Å². The van der Waals surface area contributed by atoms with Gasteiger partial charge in [0, 0.05) is 0 Å². The van der Waals surface area contributed by atoms with Gasteiger partial charge in [0.2, 0.25) is 0 Å². The lowest BCUT2D eigenvalue weighted by molar-refractivity contribution is -0.274. The van der Waals surface area contributed by atoms with E-state index in [0.717, 1.165) is 5.57 Å². The van der Waals surface area contributed by atoms with Crippen LogP contribution in [0.1, 0.15) is 19.4 Å². The summed E-state index contributed by atoms with van der Waals surface area (Å²) in [7, 11) is 0. The van der Waals surface area contributed by atoms with Crippen molar-refractivity contribution in [2.75, 3.05) is 0 Å². The highest BCUT2D eigenvalue weighted by Gasteiger charge is 2.30. The highest BCUT2D eigenvalue weighted by atomic mass is 19.4. The monoisotopic (exact) mass is 246 g/mol. The number of benzene rings is 1. The maximum atomic E-state index is 11.9. The molecule has 0 aliphatic rings. The third-order valence-corrected chi connectivity index (χ3v) is 2.17. The number of rotatable bonds is 3. The summed E-state index contributed by atoms with van der Waals surface area (Å²) in [6.45, 7) is 3.36. The van der Waals surface area contributed by atoms with Crippen molar-refractivity contribution < 1.29 is 23.0 Å². The number of aliphatic hydroxyl groups is 1. The van der Waals surface area contributed by atoms with Crippen LogP contribution >= 0.6 is 0 Å². The maximum Gasteiger partial charge on any atom is 0.573 e. The van der Waals surface area contributed by atoms with Crippen LogP contribution in [0.15, 0.2) is 29.8 Å². The van der Waals surface area contributed by atoms with Gasteiger partial charge in [-0.3, -0.25) is 0 Å². The van der Waals surface area contributed by atoms with Crippen LogP contribution in [0, 0.1) is 0 Å². The van der Waals surface area contributed by atoms with Crippen LogP contribution in [-0.2, 0) is 0 Å². The van der Waals surface area contributed by atoms with Crippen molar-refractivity contribution >= 4 is 6.08 Å². The molecule has 1 N–H and O–H groups in total. The third-order valence-electron chi connectivity index (χ3n) is 2.17. The van der Waals surface area contributed by atoms with Gasteiger partial charge in [-0.25, -0.2) is 0 Å². The summed E-state index contributed by atoms with van der Waals surface area (Å²) in [4.78, 5) is 0. The Morgan fingerprint density at radius 3 is 2.24 bits per heavy atom. The maximum absolute atomic E-state index is 11.9. The molecular weight excluding hydrogens is 233 g/mol. The van der Waals surface area contributed by atoms with Crippen molar-refractivity contribution in [1.82, 2.24) is 0 Å². The SMILES string of the molecule is C/C(=C\c1ccc(OC(F)(F)F)cc1)C(C)O. The minimum absolute atomic E-state index is 0.260. The lowest BCUT2D eigenvalue weighted by atomic mass is 10.1. The number of halogens is 3. The molecule has 0 heterocycles. The van der Waals surface area contributed by atoms with Gasteiger partial charge in [-0.1, -0.05) is 18.2 Å². The Morgan fingerprint density at radius 2 is 1.82 bits per heavy atom. The molecule has 1 atom stereocenters. The zero-order chi connectivity index (χ0) is 13.1. The molecule has 0 saturated heterocycles. The molecule has 17 heavy (non-hydrogen) atoms. The molecule has 0 radical (unpaired) electrons. The van der Waals surface area contributed by atoms with Gasteiger partial charge in [-0.15, -0.1) is 13.2 Å². The van der Waals surface area contributed by atoms with Gasteiger partial charge in [-0.05, 0) is 37.1 Å². The van der Waals surface area contributed by atoms with Gasteiger partial charge in [-0.2, -0.15) is 0 Å². The Morgan fingerprint density at radius 1 is 1.29 bits per heavy atom. The Bertz CT molecular complexity index is 391. The first-order valence-electron chi connectivity index (χ1n) is 5.00. The Kier molecular flexibility index (Phi) is 4.17. The fraction of sp³-hybridized carbons (Fsp3) is 0.333. The van der Waals surface area contributed by atoms with Crippen molar-refractivity contribution in [3.63, 3.8) is 0 Å². The van der Waals surface area contributed by atoms with Crippen molar-refractivity contribution in [3.05, 3.63) is 35.4 Å². The number of ether oxygens (including phenoxy) is 1. The summed E-state index contributed by atoms with van der Waals surface area (Å²) in [5, 5.41) is 9.25. The Hall–Kier alpha value is -1.49. The number of hydrogen-bond donors (Lipinski definition) is 1. The van der Waals surface area contributed by atoms with Crippen LogP contribution in [0.2, 0.25) is 0 Å². The van der Waals surface area contributed by atoms with Crippen LogP contribution in [0.3, 0.4) is 0 Å². The third kappa shape index (κ3) is 4.91. The van der Waals surface area contributed by atoms with Crippen LogP contribution in [-0.4, -0.2) is 17.6 Å². The zero-order valence-corrected chi connectivity index (χ0v) is 9.45. The standard InChI is InChI=1S/C12H13F3O2/c1-8(9(2)16)7-10-3-5-11(6-4-10)17-12(13,14)15/h3-7,9,16H,1-2H3/b8-7+. The van der Waals surface area contributed by atoms with E-state index < -0.39 is 12.5 Å². The van der Waals surface area contributed by atoms with Gasteiger partial charge < -0.3 is 9.84 Å². The molecule has 0 aromatic heterocycles. The lowest BCUT2D eigenvalue weighted by Gasteiger charge is -2.09. The predicted molar refractivity (Wildman–Crippen MR) is 58.5 cm³/mol. The molecule has 1 unspecified atom stereocenters. The predicted octanol–water partition coefficient (Wildman–Crippen LogP) is 3.37. The molecule has 1 rings (SSSR count). The largest absolute Gasteiger partial charge is 0.573 e. The number of alkyl halides is 3. The molecule has 0 aliphatic heterocycles. The van der Waals surface area contributed by atoms with E-state index in [9.17, 15) is 18.3 Å². The molecule has 2 nitrogen and oxygen atoms in total. The second-order valence-electron chi connectivity index (χ2n) is 3.68. The average molecular weight is 246 g/mol. The van der Waals surface area contributed by atoms with E-state index in [2.05, 4.69) is 4.74 Å². The number of hydrogen-bond acceptors (Lipinski definition) is 2. The van der Waals surface area contributed by atoms with E-state index >= 15 is 0 Å². The first-order valence-corrected chi connectivity index (χ1v) is 5.00. The molecule has 0 amide bonds. The van der Waals surface area contributed by atoms with E-state index in [0.29, 0.717) is 5.56 Å². The summed E-state index contributed by atoms with van der Waals surface area (Å²) in [5.74, 6) is -0.260. The van der Waals surface area contributed by atoms with Crippen molar-refractivity contribution in [2.24, 2.45) is 0 Å². The minimum atomic E-state index is -4.67. The van der Waals surface area contributed by atoms with Gasteiger partial charge in [0.1, 0.15) is 5.75 Å². The van der Waals surface area contributed by atoms with E-state index in [1.165, 1.54) is 24.3 Å². The molecule has 5 heteroatoms. The highest BCUT2D eigenvalue weighted by Crippen LogP contribution is 2.23. The molecule has 1 aromatic rings. The normalized spacial score (nSPS) is 14.6. The van der Waals surface area contributed by atoms with Gasteiger partial charge in [0.15, 0.2) is 0 Å². The van der Waals surface area contributed by atoms with Crippen LogP contribution in [0.5, 0.6) is 5.75 Å².